The highest BCUT2D eigenvalue weighted by Crippen LogP contribution is 2.20. The van der Waals surface area contributed by atoms with Crippen molar-refractivity contribution >= 4 is 16.7 Å². The number of pyridine rings is 2. The van der Waals surface area contributed by atoms with Crippen molar-refractivity contribution in [2.24, 2.45) is 0 Å². The van der Waals surface area contributed by atoms with Gasteiger partial charge in [-0.25, -0.2) is 4.98 Å². The highest BCUT2D eigenvalue weighted by molar-refractivity contribution is 5.80. The average Bonchev–Trinajstić information content (AvgIpc) is 2.59. The Bertz CT molecular complexity index is 819. The van der Waals surface area contributed by atoms with E-state index in [9.17, 15) is 0 Å². The molecule has 0 unspecified atom stereocenters. The van der Waals surface area contributed by atoms with Gasteiger partial charge in [0, 0.05) is 17.6 Å². The summed E-state index contributed by atoms with van der Waals surface area (Å²) < 4.78 is 5.86. The van der Waals surface area contributed by atoms with Crippen LogP contribution >= 0.6 is 0 Å². The number of anilines is 1. The van der Waals surface area contributed by atoms with Gasteiger partial charge in [-0.2, -0.15) is 0 Å². The lowest BCUT2D eigenvalue weighted by atomic mass is 10.1. The molecule has 5 nitrogen and oxygen atoms in total. The van der Waals surface area contributed by atoms with Crippen molar-refractivity contribution in [3.8, 4) is 5.75 Å². The molecule has 23 heavy (non-hydrogen) atoms. The van der Waals surface area contributed by atoms with E-state index in [-0.39, 0.29) is 6.04 Å². The summed E-state index contributed by atoms with van der Waals surface area (Å²) in [5.74, 6) is 1.28. The second kappa shape index (κ2) is 6.62. The Morgan fingerprint density at radius 2 is 2.00 bits per heavy atom. The number of fused-ring (bicyclic) bond motifs is 1. The number of benzene rings is 1. The molecular formula is C18H20N4O. The minimum Gasteiger partial charge on any atom is -0.487 e. The van der Waals surface area contributed by atoms with Crippen molar-refractivity contribution < 1.29 is 4.74 Å². The number of nitrogens with zero attached hydrogens (tertiary/aromatic N) is 2. The molecule has 0 radical (unpaired) electrons. The summed E-state index contributed by atoms with van der Waals surface area (Å²) in [5.41, 5.74) is 8.76. The molecule has 2 heterocycles. The third kappa shape index (κ3) is 3.57. The van der Waals surface area contributed by atoms with E-state index in [1.807, 2.05) is 43.6 Å². The van der Waals surface area contributed by atoms with Gasteiger partial charge in [-0.1, -0.05) is 12.1 Å². The fourth-order valence-corrected chi connectivity index (χ4v) is 2.35. The van der Waals surface area contributed by atoms with E-state index in [2.05, 4.69) is 22.2 Å². The molecule has 0 aliphatic rings. The first-order valence-corrected chi connectivity index (χ1v) is 7.56. The third-order valence-electron chi connectivity index (χ3n) is 3.85. The van der Waals surface area contributed by atoms with E-state index in [0.29, 0.717) is 12.4 Å². The molecule has 0 saturated heterocycles. The predicted molar refractivity (Wildman–Crippen MR) is 92.2 cm³/mol. The van der Waals surface area contributed by atoms with Crippen molar-refractivity contribution in [3.63, 3.8) is 0 Å². The maximum Gasteiger partial charge on any atom is 0.138 e. The standard InChI is InChI=1S/C18H20N4O/c1-12(20-2)15-8-16(10-21-9-15)23-11-13-3-4-14-5-6-18(19)22-17(14)7-13/h3-10,12,20H,11H2,1-2H3,(H2,19,22)/t12-/m1/s1. The Labute approximate surface area is 135 Å². The van der Waals surface area contributed by atoms with Crippen LogP contribution in [0.4, 0.5) is 5.82 Å². The van der Waals surface area contributed by atoms with Crippen LogP contribution in [0.5, 0.6) is 5.75 Å². The van der Waals surface area contributed by atoms with E-state index in [1.165, 1.54) is 0 Å². The molecule has 0 bridgehead atoms. The third-order valence-corrected chi connectivity index (χ3v) is 3.85. The number of nitrogen functional groups attached to an aromatic ring is 1. The molecule has 0 amide bonds. The first-order valence-electron chi connectivity index (χ1n) is 7.56. The molecule has 1 aromatic carbocycles. The lowest BCUT2D eigenvalue weighted by Gasteiger charge is -2.12. The van der Waals surface area contributed by atoms with Crippen LogP contribution in [-0.2, 0) is 6.61 Å². The van der Waals surface area contributed by atoms with Gasteiger partial charge in [0.15, 0.2) is 0 Å². The quantitative estimate of drug-likeness (QED) is 0.758. The summed E-state index contributed by atoms with van der Waals surface area (Å²) in [6.07, 6.45) is 3.57. The monoisotopic (exact) mass is 308 g/mol. The molecule has 5 heteroatoms. The van der Waals surface area contributed by atoms with Gasteiger partial charge in [0.25, 0.3) is 0 Å². The van der Waals surface area contributed by atoms with Crippen molar-refractivity contribution in [1.82, 2.24) is 15.3 Å². The highest BCUT2D eigenvalue weighted by Gasteiger charge is 2.05. The largest absolute Gasteiger partial charge is 0.487 e. The van der Waals surface area contributed by atoms with E-state index in [4.69, 9.17) is 10.5 Å². The Morgan fingerprint density at radius 1 is 1.17 bits per heavy atom. The zero-order valence-electron chi connectivity index (χ0n) is 13.3. The van der Waals surface area contributed by atoms with Gasteiger partial charge in [-0.05, 0) is 49.4 Å². The molecule has 0 aliphatic heterocycles. The smallest absolute Gasteiger partial charge is 0.138 e. The summed E-state index contributed by atoms with van der Waals surface area (Å²) in [6.45, 7) is 2.55. The average molecular weight is 308 g/mol. The Hall–Kier alpha value is -2.66. The van der Waals surface area contributed by atoms with Gasteiger partial charge >= 0.3 is 0 Å². The Kier molecular flexibility index (Phi) is 4.39. The number of ether oxygens (including phenoxy) is 1. The number of hydrogen-bond donors (Lipinski definition) is 2. The van der Waals surface area contributed by atoms with E-state index in [0.717, 1.165) is 27.8 Å². The molecule has 0 saturated carbocycles. The second-order valence-corrected chi connectivity index (χ2v) is 5.52. The van der Waals surface area contributed by atoms with Gasteiger partial charge < -0.3 is 15.8 Å². The van der Waals surface area contributed by atoms with Crippen molar-refractivity contribution in [3.05, 3.63) is 59.9 Å². The lowest BCUT2D eigenvalue weighted by molar-refractivity contribution is 0.304. The zero-order valence-corrected chi connectivity index (χ0v) is 13.3. The van der Waals surface area contributed by atoms with Crippen LogP contribution in [0, 0.1) is 0 Å². The minimum absolute atomic E-state index is 0.235. The second-order valence-electron chi connectivity index (χ2n) is 5.52. The molecule has 3 aromatic rings. The number of nitrogens with one attached hydrogen (secondary N) is 1. The number of rotatable bonds is 5. The molecule has 2 aromatic heterocycles. The minimum atomic E-state index is 0.235. The Balaban J connectivity index is 1.75. The van der Waals surface area contributed by atoms with Gasteiger partial charge in [-0.15, -0.1) is 0 Å². The number of nitrogens with two attached hydrogens (primary N) is 1. The Morgan fingerprint density at radius 3 is 2.83 bits per heavy atom. The predicted octanol–water partition coefficient (Wildman–Crippen LogP) is 3.07. The zero-order chi connectivity index (χ0) is 16.2. The molecule has 0 aliphatic carbocycles. The summed E-state index contributed by atoms with van der Waals surface area (Å²) in [7, 11) is 1.92. The van der Waals surface area contributed by atoms with Crippen LogP contribution < -0.4 is 15.8 Å². The molecular weight excluding hydrogens is 288 g/mol. The van der Waals surface area contributed by atoms with Crippen LogP contribution in [0.1, 0.15) is 24.1 Å². The van der Waals surface area contributed by atoms with Crippen molar-refractivity contribution in [1.29, 1.82) is 0 Å². The topological polar surface area (TPSA) is 73.1 Å². The van der Waals surface area contributed by atoms with Crippen LogP contribution in [0.15, 0.2) is 48.8 Å². The molecule has 3 N–H and O–H groups in total. The summed E-state index contributed by atoms with van der Waals surface area (Å²) in [5, 5.41) is 4.26. The first kappa shape index (κ1) is 15.2. The molecule has 0 fully saturated rings. The number of aromatic nitrogens is 2. The highest BCUT2D eigenvalue weighted by atomic mass is 16.5. The van der Waals surface area contributed by atoms with Gasteiger partial charge in [0.2, 0.25) is 0 Å². The summed E-state index contributed by atoms with van der Waals surface area (Å²) >= 11 is 0. The van der Waals surface area contributed by atoms with Crippen LogP contribution in [0.2, 0.25) is 0 Å². The maximum absolute atomic E-state index is 5.86. The van der Waals surface area contributed by atoms with Crippen LogP contribution in [0.3, 0.4) is 0 Å². The fourth-order valence-electron chi connectivity index (χ4n) is 2.35. The van der Waals surface area contributed by atoms with Crippen molar-refractivity contribution in [2.45, 2.75) is 19.6 Å². The molecule has 3 rings (SSSR count). The van der Waals surface area contributed by atoms with Crippen LogP contribution in [-0.4, -0.2) is 17.0 Å². The lowest BCUT2D eigenvalue weighted by Crippen LogP contribution is -2.12. The van der Waals surface area contributed by atoms with Gasteiger partial charge in [-0.3, -0.25) is 4.98 Å². The molecule has 0 spiro atoms. The van der Waals surface area contributed by atoms with Crippen LogP contribution in [0.25, 0.3) is 10.9 Å². The van der Waals surface area contributed by atoms with E-state index >= 15 is 0 Å². The maximum atomic E-state index is 5.86. The van der Waals surface area contributed by atoms with Gasteiger partial charge in [0.05, 0.1) is 11.7 Å². The van der Waals surface area contributed by atoms with Gasteiger partial charge in [0.1, 0.15) is 18.2 Å². The summed E-state index contributed by atoms with van der Waals surface area (Å²) in [6, 6.07) is 12.1. The normalized spacial score (nSPS) is 12.3. The summed E-state index contributed by atoms with van der Waals surface area (Å²) in [4.78, 5) is 8.57. The molecule has 1 atom stereocenters. The van der Waals surface area contributed by atoms with Crippen molar-refractivity contribution in [2.75, 3.05) is 12.8 Å². The van der Waals surface area contributed by atoms with E-state index < -0.39 is 0 Å². The SMILES string of the molecule is CN[C@H](C)c1cncc(OCc2ccc3ccc(N)nc3c2)c1. The molecule has 118 valence electrons. The van der Waals surface area contributed by atoms with E-state index in [1.54, 1.807) is 12.3 Å². The fraction of sp³-hybridized carbons (Fsp3) is 0.222. The first-order chi connectivity index (χ1) is 11.2. The number of hydrogen-bond acceptors (Lipinski definition) is 5.